The highest BCUT2D eigenvalue weighted by atomic mass is 16.3. The van der Waals surface area contributed by atoms with Gasteiger partial charge in [0.1, 0.15) is 17.6 Å². The fourth-order valence-corrected chi connectivity index (χ4v) is 2.08. The highest BCUT2D eigenvalue weighted by Crippen LogP contribution is 2.26. The molecule has 0 aliphatic rings. The predicted octanol–water partition coefficient (Wildman–Crippen LogP) is 1.46. The Labute approximate surface area is 163 Å². The molecule has 0 radical (unpaired) electrons. The third-order valence-electron chi connectivity index (χ3n) is 3.48. The SMILES string of the molecule is N#Cc1ccncc1O.Oc1cnccc1-c1nnc(-c2ccncc2O)nn1. The number of pyridine rings is 3. The minimum Gasteiger partial charge on any atom is -0.506 e. The summed E-state index contributed by atoms with van der Waals surface area (Å²) in [6, 6.07) is 6.37. The topological polar surface area (TPSA) is 175 Å². The summed E-state index contributed by atoms with van der Waals surface area (Å²) in [4.78, 5) is 11.1. The molecule has 11 nitrogen and oxygen atoms in total. The van der Waals surface area contributed by atoms with Gasteiger partial charge in [-0.3, -0.25) is 15.0 Å². The van der Waals surface area contributed by atoms with Gasteiger partial charge in [0.15, 0.2) is 5.75 Å². The summed E-state index contributed by atoms with van der Waals surface area (Å²) >= 11 is 0. The van der Waals surface area contributed by atoms with Crippen molar-refractivity contribution in [3.8, 4) is 46.1 Å². The quantitative estimate of drug-likeness (QED) is 0.453. The van der Waals surface area contributed by atoms with E-state index < -0.39 is 0 Å². The van der Waals surface area contributed by atoms with Gasteiger partial charge in [-0.2, -0.15) is 5.26 Å². The first kappa shape index (κ1) is 19.1. The van der Waals surface area contributed by atoms with Gasteiger partial charge < -0.3 is 15.3 Å². The smallest absolute Gasteiger partial charge is 0.207 e. The van der Waals surface area contributed by atoms with Gasteiger partial charge in [-0.05, 0) is 18.2 Å². The second-order valence-electron chi connectivity index (χ2n) is 5.34. The Bertz CT molecular complexity index is 1100. The Kier molecular flexibility index (Phi) is 5.77. The number of nitriles is 1. The fourth-order valence-electron chi connectivity index (χ4n) is 2.08. The molecule has 0 aliphatic carbocycles. The van der Waals surface area contributed by atoms with E-state index in [-0.39, 0.29) is 34.5 Å². The van der Waals surface area contributed by atoms with Gasteiger partial charge >= 0.3 is 0 Å². The average Bonchev–Trinajstić information content (AvgIpc) is 2.76. The van der Waals surface area contributed by atoms with Gasteiger partial charge in [-0.25, -0.2) is 0 Å². The van der Waals surface area contributed by atoms with Gasteiger partial charge in [-0.1, -0.05) is 0 Å². The van der Waals surface area contributed by atoms with Gasteiger partial charge in [0.2, 0.25) is 11.6 Å². The molecule has 0 atom stereocenters. The third kappa shape index (κ3) is 4.52. The van der Waals surface area contributed by atoms with E-state index in [9.17, 15) is 10.2 Å². The summed E-state index contributed by atoms with van der Waals surface area (Å²) in [6.07, 6.45) is 8.25. The number of rotatable bonds is 2. The molecular weight excluding hydrogens is 376 g/mol. The van der Waals surface area contributed by atoms with Crippen LogP contribution in [0.1, 0.15) is 5.56 Å². The van der Waals surface area contributed by atoms with E-state index in [1.807, 2.05) is 0 Å². The molecule has 0 saturated carbocycles. The van der Waals surface area contributed by atoms with E-state index in [1.54, 1.807) is 18.2 Å². The summed E-state index contributed by atoms with van der Waals surface area (Å²) in [5.41, 5.74) is 1.01. The summed E-state index contributed by atoms with van der Waals surface area (Å²) in [6.45, 7) is 0. The van der Waals surface area contributed by atoms with Crippen LogP contribution in [0.5, 0.6) is 17.2 Å². The molecule has 0 spiro atoms. The first-order valence-electron chi connectivity index (χ1n) is 7.97. The molecule has 29 heavy (non-hydrogen) atoms. The lowest BCUT2D eigenvalue weighted by Gasteiger charge is -2.03. The Balaban J connectivity index is 0.000000224. The molecule has 0 bridgehead atoms. The zero-order valence-electron chi connectivity index (χ0n) is 14.6. The first-order valence-corrected chi connectivity index (χ1v) is 7.97. The van der Waals surface area contributed by atoms with Crippen molar-refractivity contribution in [3.63, 3.8) is 0 Å². The monoisotopic (exact) mass is 388 g/mol. The Morgan fingerprint density at radius 1 is 0.621 bits per heavy atom. The van der Waals surface area contributed by atoms with Crippen LogP contribution in [-0.4, -0.2) is 50.7 Å². The predicted molar refractivity (Wildman–Crippen MR) is 98.0 cm³/mol. The molecule has 0 aliphatic heterocycles. The third-order valence-corrected chi connectivity index (χ3v) is 3.48. The molecule has 0 unspecified atom stereocenters. The molecule has 0 aromatic carbocycles. The van der Waals surface area contributed by atoms with Crippen molar-refractivity contribution in [2.75, 3.05) is 0 Å². The molecule has 4 heterocycles. The summed E-state index contributed by atoms with van der Waals surface area (Å²) in [7, 11) is 0. The van der Waals surface area contributed by atoms with Crippen LogP contribution < -0.4 is 0 Å². The van der Waals surface area contributed by atoms with E-state index in [1.165, 1.54) is 43.2 Å². The highest BCUT2D eigenvalue weighted by molar-refractivity contribution is 5.64. The van der Waals surface area contributed by atoms with Crippen LogP contribution in [-0.2, 0) is 0 Å². The Morgan fingerprint density at radius 2 is 1.03 bits per heavy atom. The Hall–Kier alpha value is -4.72. The number of aromatic nitrogens is 7. The molecule has 4 rings (SSSR count). The van der Waals surface area contributed by atoms with Crippen LogP contribution in [0.2, 0.25) is 0 Å². The molecule has 4 aromatic heterocycles. The zero-order valence-corrected chi connectivity index (χ0v) is 14.6. The van der Waals surface area contributed by atoms with E-state index in [0.717, 1.165) is 0 Å². The zero-order chi connectivity index (χ0) is 20.6. The molecule has 0 amide bonds. The minimum atomic E-state index is -0.0694. The second-order valence-corrected chi connectivity index (χ2v) is 5.34. The largest absolute Gasteiger partial charge is 0.506 e. The van der Waals surface area contributed by atoms with Crippen LogP contribution in [0.25, 0.3) is 22.8 Å². The van der Waals surface area contributed by atoms with Crippen LogP contribution >= 0.6 is 0 Å². The lowest BCUT2D eigenvalue weighted by molar-refractivity contribution is 0.471. The van der Waals surface area contributed by atoms with E-state index in [4.69, 9.17) is 10.4 Å². The van der Waals surface area contributed by atoms with Crippen molar-refractivity contribution in [1.29, 1.82) is 5.26 Å². The molecular formula is C18H12N8O3. The van der Waals surface area contributed by atoms with Gasteiger partial charge in [0, 0.05) is 18.6 Å². The van der Waals surface area contributed by atoms with Gasteiger partial charge in [0.25, 0.3) is 0 Å². The molecule has 11 heteroatoms. The van der Waals surface area contributed by atoms with Crippen molar-refractivity contribution >= 4 is 0 Å². The Morgan fingerprint density at radius 3 is 1.38 bits per heavy atom. The van der Waals surface area contributed by atoms with E-state index >= 15 is 0 Å². The molecule has 0 fully saturated rings. The van der Waals surface area contributed by atoms with Crippen molar-refractivity contribution < 1.29 is 15.3 Å². The maximum absolute atomic E-state index is 9.65. The number of hydrogen-bond donors (Lipinski definition) is 3. The average molecular weight is 388 g/mol. The first-order chi connectivity index (χ1) is 14.1. The molecule has 3 N–H and O–H groups in total. The number of hydrogen-bond acceptors (Lipinski definition) is 11. The van der Waals surface area contributed by atoms with Gasteiger partial charge in [0.05, 0.1) is 35.3 Å². The minimum absolute atomic E-state index is 0.0596. The van der Waals surface area contributed by atoms with E-state index in [2.05, 4.69) is 35.3 Å². The maximum Gasteiger partial charge on any atom is 0.207 e. The fraction of sp³-hybridized carbons (Fsp3) is 0. The number of nitrogens with zero attached hydrogens (tertiary/aromatic N) is 8. The lowest BCUT2D eigenvalue weighted by Crippen LogP contribution is -1.99. The number of aromatic hydroxyl groups is 3. The molecule has 4 aromatic rings. The maximum atomic E-state index is 9.65. The second kappa shape index (κ2) is 8.78. The lowest BCUT2D eigenvalue weighted by atomic mass is 10.2. The normalized spacial score (nSPS) is 9.76. The van der Waals surface area contributed by atoms with E-state index in [0.29, 0.717) is 11.1 Å². The molecule has 0 saturated heterocycles. The summed E-state index contributed by atoms with van der Waals surface area (Å²) in [5.74, 6) is 0.149. The van der Waals surface area contributed by atoms with Crippen LogP contribution in [0, 0.1) is 11.3 Å². The standard InChI is InChI=1S/C12H8N6O2.C6H4N2O/c19-9-5-13-3-1-7(9)11-15-17-12(18-16-11)8-2-4-14-6-10(8)20;7-3-5-1-2-8-4-6(5)9/h1-6,19-20H;1-2,4,9H. The summed E-state index contributed by atoms with van der Waals surface area (Å²) < 4.78 is 0. The van der Waals surface area contributed by atoms with Crippen LogP contribution in [0.4, 0.5) is 0 Å². The van der Waals surface area contributed by atoms with Crippen molar-refractivity contribution in [2.24, 2.45) is 0 Å². The molecule has 142 valence electrons. The van der Waals surface area contributed by atoms with Crippen molar-refractivity contribution in [1.82, 2.24) is 35.3 Å². The van der Waals surface area contributed by atoms with Crippen molar-refractivity contribution in [2.45, 2.75) is 0 Å². The summed E-state index contributed by atoms with van der Waals surface area (Å²) in [5, 5.41) is 51.9. The van der Waals surface area contributed by atoms with Crippen molar-refractivity contribution in [3.05, 3.63) is 60.9 Å². The van der Waals surface area contributed by atoms with Crippen LogP contribution in [0.15, 0.2) is 55.4 Å². The highest BCUT2D eigenvalue weighted by Gasteiger charge is 2.12. The van der Waals surface area contributed by atoms with Crippen LogP contribution in [0.3, 0.4) is 0 Å². The van der Waals surface area contributed by atoms with Gasteiger partial charge in [-0.15, -0.1) is 20.4 Å².